The quantitative estimate of drug-likeness (QED) is 0.648. The van der Waals surface area contributed by atoms with Crippen LogP contribution in [-0.2, 0) is 24.5 Å². The van der Waals surface area contributed by atoms with Gasteiger partial charge in [-0.2, -0.15) is 0 Å². The summed E-state index contributed by atoms with van der Waals surface area (Å²) in [5, 5.41) is 0.602. The standard InChI is InChI=1S/C16H19ClN2O4/c1-11(20)18-19-14(21)10-23-15(22)16(8-2-3-9-16)12-4-6-13(17)7-5-12/h4-7H,2-3,8-10H2,1H3,(H,18,20)(H,19,21). The van der Waals surface area contributed by atoms with E-state index in [9.17, 15) is 14.4 Å². The molecule has 2 rings (SSSR count). The maximum atomic E-state index is 12.6. The first-order chi connectivity index (χ1) is 10.9. The van der Waals surface area contributed by atoms with Gasteiger partial charge in [0.2, 0.25) is 5.91 Å². The van der Waals surface area contributed by atoms with Gasteiger partial charge in [-0.15, -0.1) is 0 Å². The van der Waals surface area contributed by atoms with Crippen LogP contribution in [0.25, 0.3) is 0 Å². The van der Waals surface area contributed by atoms with Crippen molar-refractivity contribution < 1.29 is 19.1 Å². The van der Waals surface area contributed by atoms with Crippen LogP contribution >= 0.6 is 11.6 Å². The molecule has 1 saturated carbocycles. The second kappa shape index (κ2) is 7.46. The maximum absolute atomic E-state index is 12.6. The number of amides is 2. The van der Waals surface area contributed by atoms with E-state index in [0.29, 0.717) is 17.9 Å². The van der Waals surface area contributed by atoms with E-state index in [-0.39, 0.29) is 0 Å². The fourth-order valence-corrected chi connectivity index (χ4v) is 2.95. The minimum atomic E-state index is -0.723. The topological polar surface area (TPSA) is 84.5 Å². The summed E-state index contributed by atoms with van der Waals surface area (Å²) in [6, 6.07) is 7.14. The number of ether oxygens (including phenoxy) is 1. The van der Waals surface area contributed by atoms with E-state index >= 15 is 0 Å². The molecule has 0 aromatic heterocycles. The molecule has 1 aliphatic carbocycles. The van der Waals surface area contributed by atoms with Crippen LogP contribution in [0.4, 0.5) is 0 Å². The summed E-state index contributed by atoms with van der Waals surface area (Å²) in [6.07, 6.45) is 3.22. The Hall–Kier alpha value is -2.08. The van der Waals surface area contributed by atoms with Gasteiger partial charge in [-0.3, -0.25) is 25.2 Å². The monoisotopic (exact) mass is 338 g/mol. The third-order valence-corrected chi connectivity index (χ3v) is 4.21. The Balaban J connectivity index is 2.03. The molecule has 0 aliphatic heterocycles. The number of carbonyl (C=O) groups excluding carboxylic acids is 3. The van der Waals surface area contributed by atoms with Crippen molar-refractivity contribution in [3.8, 4) is 0 Å². The maximum Gasteiger partial charge on any atom is 0.317 e. The lowest BCUT2D eigenvalue weighted by Gasteiger charge is -2.27. The van der Waals surface area contributed by atoms with Gasteiger partial charge in [0.25, 0.3) is 5.91 Å². The lowest BCUT2D eigenvalue weighted by Crippen LogP contribution is -2.44. The normalized spacial score (nSPS) is 15.7. The van der Waals surface area contributed by atoms with Gasteiger partial charge in [-0.25, -0.2) is 0 Å². The van der Waals surface area contributed by atoms with Crippen molar-refractivity contribution in [3.05, 3.63) is 34.9 Å². The summed E-state index contributed by atoms with van der Waals surface area (Å²) in [6.45, 7) is 0.828. The summed E-state index contributed by atoms with van der Waals surface area (Å²) in [7, 11) is 0. The Morgan fingerprint density at radius 2 is 1.74 bits per heavy atom. The minimum absolute atomic E-state index is 0.405. The summed E-state index contributed by atoms with van der Waals surface area (Å²) in [5.74, 6) is -1.41. The second-order valence-corrected chi connectivity index (χ2v) is 6.04. The van der Waals surface area contributed by atoms with E-state index in [0.717, 1.165) is 18.4 Å². The molecule has 23 heavy (non-hydrogen) atoms. The Morgan fingerprint density at radius 3 is 2.30 bits per heavy atom. The summed E-state index contributed by atoms with van der Waals surface area (Å²) >= 11 is 5.90. The van der Waals surface area contributed by atoms with Crippen molar-refractivity contribution in [1.29, 1.82) is 0 Å². The summed E-state index contributed by atoms with van der Waals surface area (Å²) in [4.78, 5) is 34.8. The zero-order valence-corrected chi connectivity index (χ0v) is 13.6. The summed E-state index contributed by atoms with van der Waals surface area (Å²) in [5.41, 5.74) is 4.43. The van der Waals surface area contributed by atoms with Crippen LogP contribution in [0, 0.1) is 0 Å². The highest BCUT2D eigenvalue weighted by molar-refractivity contribution is 6.30. The Kier molecular flexibility index (Phi) is 5.60. The van der Waals surface area contributed by atoms with Crippen molar-refractivity contribution in [2.75, 3.05) is 6.61 Å². The number of carbonyl (C=O) groups is 3. The molecule has 0 radical (unpaired) electrons. The lowest BCUT2D eigenvalue weighted by atomic mass is 9.79. The van der Waals surface area contributed by atoms with Crippen molar-refractivity contribution in [2.24, 2.45) is 0 Å². The molecule has 124 valence electrons. The Bertz CT molecular complexity index is 595. The van der Waals surface area contributed by atoms with Crippen LogP contribution < -0.4 is 10.9 Å². The predicted molar refractivity (Wildman–Crippen MR) is 84.5 cm³/mol. The lowest BCUT2D eigenvalue weighted by molar-refractivity contribution is -0.154. The Morgan fingerprint density at radius 1 is 1.13 bits per heavy atom. The number of hydrogen-bond acceptors (Lipinski definition) is 4. The fourth-order valence-electron chi connectivity index (χ4n) is 2.82. The number of benzene rings is 1. The number of halogens is 1. The van der Waals surface area contributed by atoms with Crippen LogP contribution in [0.15, 0.2) is 24.3 Å². The van der Waals surface area contributed by atoms with Crippen molar-refractivity contribution >= 4 is 29.4 Å². The van der Waals surface area contributed by atoms with Gasteiger partial charge in [-0.1, -0.05) is 36.6 Å². The molecule has 0 spiro atoms. The Labute approximate surface area is 139 Å². The van der Waals surface area contributed by atoms with Gasteiger partial charge in [0.15, 0.2) is 6.61 Å². The molecule has 1 aromatic carbocycles. The SMILES string of the molecule is CC(=O)NNC(=O)COC(=O)C1(c2ccc(Cl)cc2)CCCC1. The van der Waals surface area contributed by atoms with E-state index in [1.165, 1.54) is 6.92 Å². The molecule has 0 bridgehead atoms. The second-order valence-electron chi connectivity index (χ2n) is 5.60. The third-order valence-electron chi connectivity index (χ3n) is 3.96. The van der Waals surface area contributed by atoms with Crippen molar-refractivity contribution in [3.63, 3.8) is 0 Å². The molecule has 1 aliphatic rings. The van der Waals surface area contributed by atoms with Crippen LogP contribution in [-0.4, -0.2) is 24.4 Å². The average molecular weight is 339 g/mol. The van der Waals surface area contributed by atoms with Gasteiger partial charge < -0.3 is 4.74 Å². The first kappa shape index (κ1) is 17.3. The van der Waals surface area contributed by atoms with Gasteiger partial charge in [0, 0.05) is 11.9 Å². The zero-order valence-electron chi connectivity index (χ0n) is 12.9. The molecule has 7 heteroatoms. The van der Waals surface area contributed by atoms with E-state index in [1.54, 1.807) is 12.1 Å². The molecule has 0 heterocycles. The fraction of sp³-hybridized carbons (Fsp3) is 0.438. The number of esters is 1. The molecule has 0 atom stereocenters. The third kappa shape index (κ3) is 4.22. The minimum Gasteiger partial charge on any atom is -0.455 e. The van der Waals surface area contributed by atoms with Crippen molar-refractivity contribution in [2.45, 2.75) is 38.0 Å². The highest BCUT2D eigenvalue weighted by atomic mass is 35.5. The molecule has 0 saturated heterocycles. The predicted octanol–water partition coefficient (Wildman–Crippen LogP) is 1.86. The number of rotatable bonds is 4. The summed E-state index contributed by atoms with van der Waals surface area (Å²) < 4.78 is 5.17. The van der Waals surface area contributed by atoms with Crippen LogP contribution in [0.5, 0.6) is 0 Å². The smallest absolute Gasteiger partial charge is 0.317 e. The van der Waals surface area contributed by atoms with Gasteiger partial charge >= 0.3 is 5.97 Å². The number of hydrogen-bond donors (Lipinski definition) is 2. The molecular formula is C16H19ClN2O4. The van der Waals surface area contributed by atoms with Gasteiger partial charge in [-0.05, 0) is 30.5 Å². The highest BCUT2D eigenvalue weighted by Crippen LogP contribution is 2.42. The first-order valence-electron chi connectivity index (χ1n) is 7.43. The molecule has 0 unspecified atom stereocenters. The van der Waals surface area contributed by atoms with Crippen LogP contribution in [0.3, 0.4) is 0 Å². The van der Waals surface area contributed by atoms with E-state index in [4.69, 9.17) is 16.3 Å². The zero-order chi connectivity index (χ0) is 16.9. The van der Waals surface area contributed by atoms with Gasteiger partial charge in [0.05, 0.1) is 5.41 Å². The molecule has 2 amide bonds. The molecule has 1 fully saturated rings. The largest absolute Gasteiger partial charge is 0.455 e. The molecular weight excluding hydrogens is 320 g/mol. The van der Waals surface area contributed by atoms with Crippen molar-refractivity contribution in [1.82, 2.24) is 10.9 Å². The molecule has 6 nitrogen and oxygen atoms in total. The molecule has 2 N–H and O–H groups in total. The average Bonchev–Trinajstić information content (AvgIpc) is 3.02. The van der Waals surface area contributed by atoms with E-state index in [2.05, 4.69) is 10.9 Å². The van der Waals surface area contributed by atoms with Crippen LogP contribution in [0.1, 0.15) is 38.2 Å². The first-order valence-corrected chi connectivity index (χ1v) is 7.80. The number of hydrazine groups is 1. The molecule has 1 aromatic rings. The highest BCUT2D eigenvalue weighted by Gasteiger charge is 2.44. The van der Waals surface area contributed by atoms with E-state index < -0.39 is 29.8 Å². The van der Waals surface area contributed by atoms with E-state index in [1.807, 2.05) is 12.1 Å². The van der Waals surface area contributed by atoms with Crippen LogP contribution in [0.2, 0.25) is 5.02 Å². The van der Waals surface area contributed by atoms with Gasteiger partial charge in [0.1, 0.15) is 0 Å². The number of nitrogens with one attached hydrogen (secondary N) is 2.